The van der Waals surface area contributed by atoms with E-state index in [1.54, 1.807) is 11.1 Å². The largest absolute Gasteiger partial charge is 0.379 e. The van der Waals surface area contributed by atoms with Crippen molar-refractivity contribution in [2.24, 2.45) is 0 Å². The van der Waals surface area contributed by atoms with Gasteiger partial charge in [-0.2, -0.15) is 0 Å². The number of carbonyl (C=O) groups is 1. The molecule has 0 radical (unpaired) electrons. The van der Waals surface area contributed by atoms with Gasteiger partial charge in [-0.3, -0.25) is 9.78 Å². The van der Waals surface area contributed by atoms with Crippen LogP contribution in [0.1, 0.15) is 21.6 Å². The third kappa shape index (κ3) is 2.17. The van der Waals surface area contributed by atoms with Crippen LogP contribution in [0, 0.1) is 0 Å². The predicted molar refractivity (Wildman–Crippen MR) is 73.8 cm³/mol. The summed E-state index contributed by atoms with van der Waals surface area (Å²) in [5.74, 6) is 0.0825. The number of nitrogens with zero attached hydrogens (tertiary/aromatic N) is 2. The number of pyridine rings is 1. The second-order valence-corrected chi connectivity index (χ2v) is 4.68. The summed E-state index contributed by atoms with van der Waals surface area (Å²) in [4.78, 5) is 18.1. The third-order valence-electron chi connectivity index (χ3n) is 3.30. The fourth-order valence-corrected chi connectivity index (χ4v) is 2.34. The minimum absolute atomic E-state index is 0.0825. The fraction of sp³-hybridized carbons (Fsp3) is 0.200. The first-order valence-corrected chi connectivity index (χ1v) is 6.27. The Morgan fingerprint density at radius 2 is 2.16 bits per heavy atom. The van der Waals surface area contributed by atoms with Gasteiger partial charge >= 0.3 is 0 Å². The van der Waals surface area contributed by atoms with E-state index in [1.807, 2.05) is 43.4 Å². The Kier molecular flexibility index (Phi) is 2.91. The zero-order chi connectivity index (χ0) is 13.2. The van der Waals surface area contributed by atoms with Gasteiger partial charge in [0.05, 0.1) is 17.8 Å². The van der Waals surface area contributed by atoms with E-state index in [1.165, 1.54) is 0 Å². The summed E-state index contributed by atoms with van der Waals surface area (Å²) in [6.45, 7) is 1.31. The molecule has 96 valence electrons. The van der Waals surface area contributed by atoms with Crippen LogP contribution in [-0.2, 0) is 13.1 Å². The van der Waals surface area contributed by atoms with Gasteiger partial charge in [-0.25, -0.2) is 0 Å². The minimum Gasteiger partial charge on any atom is -0.379 e. The number of amides is 1. The van der Waals surface area contributed by atoms with Crippen molar-refractivity contribution in [2.45, 2.75) is 13.1 Å². The lowest BCUT2D eigenvalue weighted by atomic mass is 10.1. The van der Waals surface area contributed by atoms with Gasteiger partial charge in [-0.15, -0.1) is 0 Å². The highest BCUT2D eigenvalue weighted by atomic mass is 16.2. The van der Waals surface area contributed by atoms with Crippen molar-refractivity contribution in [3.8, 4) is 0 Å². The molecule has 1 aromatic heterocycles. The first kappa shape index (κ1) is 11.7. The van der Waals surface area contributed by atoms with E-state index in [-0.39, 0.29) is 5.91 Å². The molecule has 0 bridgehead atoms. The van der Waals surface area contributed by atoms with E-state index in [0.29, 0.717) is 13.1 Å². The Hall–Kier alpha value is -2.36. The number of anilines is 1. The summed E-state index contributed by atoms with van der Waals surface area (Å²) in [6, 6.07) is 11.7. The van der Waals surface area contributed by atoms with E-state index < -0.39 is 0 Å². The zero-order valence-corrected chi connectivity index (χ0v) is 10.8. The molecule has 1 aromatic carbocycles. The predicted octanol–water partition coefficient (Wildman–Crippen LogP) is 2.28. The molecule has 0 atom stereocenters. The number of carbonyl (C=O) groups excluding carboxylic acids is 1. The van der Waals surface area contributed by atoms with Crippen molar-refractivity contribution in [1.29, 1.82) is 0 Å². The van der Waals surface area contributed by atoms with E-state index >= 15 is 0 Å². The second kappa shape index (κ2) is 4.72. The van der Waals surface area contributed by atoms with Crippen LogP contribution in [0.5, 0.6) is 0 Å². The van der Waals surface area contributed by atoms with E-state index in [0.717, 1.165) is 22.5 Å². The molecular weight excluding hydrogens is 238 g/mol. The number of hydrogen-bond donors (Lipinski definition) is 1. The lowest BCUT2D eigenvalue weighted by Crippen LogP contribution is -2.18. The standard InChI is InChI=1S/C15H15N3O/c1-18-10-11-5-4-7-13(14(11)15(18)19)17-9-12-6-2-3-8-16-12/h2-8,17H,9-10H2,1H3. The van der Waals surface area contributed by atoms with E-state index in [4.69, 9.17) is 0 Å². The molecule has 0 fully saturated rings. The van der Waals surface area contributed by atoms with Gasteiger partial charge in [-0.1, -0.05) is 18.2 Å². The average Bonchev–Trinajstić information content (AvgIpc) is 2.74. The molecule has 3 rings (SSSR count). The molecule has 19 heavy (non-hydrogen) atoms. The van der Waals surface area contributed by atoms with Crippen LogP contribution in [0.4, 0.5) is 5.69 Å². The summed E-state index contributed by atoms with van der Waals surface area (Å²) >= 11 is 0. The van der Waals surface area contributed by atoms with Crippen molar-refractivity contribution in [3.05, 3.63) is 59.4 Å². The van der Waals surface area contributed by atoms with Crippen LogP contribution in [0.25, 0.3) is 0 Å². The van der Waals surface area contributed by atoms with Crippen molar-refractivity contribution in [3.63, 3.8) is 0 Å². The van der Waals surface area contributed by atoms with Crippen LogP contribution in [0.15, 0.2) is 42.6 Å². The smallest absolute Gasteiger partial charge is 0.256 e. The molecule has 2 aromatic rings. The normalized spacial score (nSPS) is 13.5. The van der Waals surface area contributed by atoms with E-state index in [2.05, 4.69) is 10.3 Å². The van der Waals surface area contributed by atoms with Crippen LogP contribution >= 0.6 is 0 Å². The number of benzene rings is 1. The maximum absolute atomic E-state index is 12.1. The van der Waals surface area contributed by atoms with Gasteiger partial charge < -0.3 is 10.2 Å². The van der Waals surface area contributed by atoms with Crippen LogP contribution in [0.2, 0.25) is 0 Å². The minimum atomic E-state index is 0.0825. The van der Waals surface area contributed by atoms with Gasteiger partial charge in [0, 0.05) is 25.5 Å². The molecular formula is C15H15N3O. The number of aromatic nitrogens is 1. The third-order valence-corrected chi connectivity index (χ3v) is 3.30. The number of rotatable bonds is 3. The monoisotopic (exact) mass is 253 g/mol. The summed E-state index contributed by atoms with van der Waals surface area (Å²) < 4.78 is 0. The van der Waals surface area contributed by atoms with Crippen LogP contribution in [-0.4, -0.2) is 22.8 Å². The molecule has 0 spiro atoms. The summed E-state index contributed by atoms with van der Waals surface area (Å²) in [6.07, 6.45) is 1.77. The van der Waals surface area contributed by atoms with E-state index in [9.17, 15) is 4.79 Å². The quantitative estimate of drug-likeness (QED) is 0.912. The first-order valence-electron chi connectivity index (χ1n) is 6.27. The zero-order valence-electron chi connectivity index (χ0n) is 10.8. The maximum atomic E-state index is 12.1. The van der Waals surface area contributed by atoms with Gasteiger partial charge in [0.1, 0.15) is 0 Å². The molecule has 4 nitrogen and oxygen atoms in total. The molecule has 1 amide bonds. The molecule has 0 saturated carbocycles. The molecule has 1 aliphatic heterocycles. The highest BCUT2D eigenvalue weighted by molar-refractivity contribution is 6.03. The van der Waals surface area contributed by atoms with Crippen LogP contribution in [0.3, 0.4) is 0 Å². The summed E-state index contributed by atoms with van der Waals surface area (Å²) in [5.41, 5.74) is 3.72. The van der Waals surface area contributed by atoms with Crippen molar-refractivity contribution in [1.82, 2.24) is 9.88 Å². The number of hydrogen-bond acceptors (Lipinski definition) is 3. The Bertz CT molecular complexity index is 610. The lowest BCUT2D eigenvalue weighted by molar-refractivity contribution is 0.0817. The lowest BCUT2D eigenvalue weighted by Gasteiger charge is -2.10. The van der Waals surface area contributed by atoms with Gasteiger partial charge in [0.25, 0.3) is 5.91 Å². The molecule has 0 saturated heterocycles. The first-order chi connectivity index (χ1) is 9.25. The van der Waals surface area contributed by atoms with Crippen molar-refractivity contribution >= 4 is 11.6 Å². The Morgan fingerprint density at radius 3 is 2.95 bits per heavy atom. The number of fused-ring (bicyclic) bond motifs is 1. The molecule has 1 N–H and O–H groups in total. The SMILES string of the molecule is CN1Cc2cccc(NCc3ccccn3)c2C1=O. The fourth-order valence-electron chi connectivity index (χ4n) is 2.34. The highest BCUT2D eigenvalue weighted by Gasteiger charge is 2.26. The summed E-state index contributed by atoms with van der Waals surface area (Å²) in [7, 11) is 1.82. The molecule has 4 heteroatoms. The molecule has 1 aliphatic rings. The Balaban J connectivity index is 1.84. The molecule has 0 aliphatic carbocycles. The highest BCUT2D eigenvalue weighted by Crippen LogP contribution is 2.28. The molecule has 2 heterocycles. The van der Waals surface area contributed by atoms with Gasteiger partial charge in [0.2, 0.25) is 0 Å². The number of nitrogens with one attached hydrogen (secondary N) is 1. The van der Waals surface area contributed by atoms with Gasteiger partial charge in [-0.05, 0) is 23.8 Å². The van der Waals surface area contributed by atoms with Crippen LogP contribution < -0.4 is 5.32 Å². The summed E-state index contributed by atoms with van der Waals surface area (Å²) in [5, 5.41) is 3.30. The van der Waals surface area contributed by atoms with Crippen molar-refractivity contribution < 1.29 is 4.79 Å². The topological polar surface area (TPSA) is 45.2 Å². The maximum Gasteiger partial charge on any atom is 0.256 e. The van der Waals surface area contributed by atoms with Gasteiger partial charge in [0.15, 0.2) is 0 Å². The second-order valence-electron chi connectivity index (χ2n) is 4.68. The Morgan fingerprint density at radius 1 is 1.26 bits per heavy atom. The van der Waals surface area contributed by atoms with Crippen molar-refractivity contribution in [2.75, 3.05) is 12.4 Å². The molecule has 0 unspecified atom stereocenters. The Labute approximate surface area is 112 Å². The average molecular weight is 253 g/mol.